The largest absolute Gasteiger partial charge is 0.573 e. The summed E-state index contributed by atoms with van der Waals surface area (Å²) in [5, 5.41) is 18.8. The van der Waals surface area contributed by atoms with Crippen LogP contribution in [0.25, 0.3) is 0 Å². The predicted octanol–water partition coefficient (Wildman–Crippen LogP) is 1.95. The first-order chi connectivity index (χ1) is 9.21. The van der Waals surface area contributed by atoms with Gasteiger partial charge >= 0.3 is 6.36 Å². The predicted molar refractivity (Wildman–Crippen MR) is 61.7 cm³/mol. The second-order valence-electron chi connectivity index (χ2n) is 3.32. The molecule has 6 nitrogen and oxygen atoms in total. The second kappa shape index (κ2) is 5.87. The number of amidine groups is 1. The maximum absolute atomic E-state index is 13.1. The Morgan fingerprint density at radius 3 is 2.55 bits per heavy atom. The van der Waals surface area contributed by atoms with Crippen molar-refractivity contribution in [3.8, 4) is 11.8 Å². The molecule has 0 aromatic heterocycles. The molecule has 0 aliphatic heterocycles. The Hall–Kier alpha value is -2.83. The third-order valence-corrected chi connectivity index (χ3v) is 1.76. The number of benzene rings is 1. The van der Waals surface area contributed by atoms with Gasteiger partial charge < -0.3 is 10.5 Å². The van der Waals surface area contributed by atoms with Crippen molar-refractivity contribution in [2.45, 2.75) is 6.36 Å². The molecule has 0 aliphatic carbocycles. The van der Waals surface area contributed by atoms with Crippen molar-refractivity contribution in [3.05, 3.63) is 24.0 Å². The van der Waals surface area contributed by atoms with Crippen LogP contribution in [0.3, 0.4) is 0 Å². The van der Waals surface area contributed by atoms with E-state index in [0.717, 1.165) is 12.1 Å². The first-order valence-electron chi connectivity index (χ1n) is 4.86. The van der Waals surface area contributed by atoms with Crippen molar-refractivity contribution in [2.75, 3.05) is 5.43 Å². The number of alkyl halides is 3. The van der Waals surface area contributed by atoms with Crippen LogP contribution < -0.4 is 15.9 Å². The van der Waals surface area contributed by atoms with Crippen molar-refractivity contribution >= 4 is 17.2 Å². The number of hydrazone groups is 1. The number of nitriles is 1. The number of ether oxygens (including phenoxy) is 1. The van der Waals surface area contributed by atoms with Crippen LogP contribution in [-0.4, -0.2) is 17.9 Å². The van der Waals surface area contributed by atoms with Gasteiger partial charge in [-0.2, -0.15) is 10.4 Å². The second-order valence-corrected chi connectivity index (χ2v) is 3.32. The molecular weight excluding hydrogens is 282 g/mol. The molecule has 4 N–H and O–H groups in total. The molecule has 20 heavy (non-hydrogen) atoms. The quantitative estimate of drug-likeness (QED) is 0.341. The van der Waals surface area contributed by atoms with Gasteiger partial charge in [0.1, 0.15) is 17.6 Å². The number of hydrogen-bond acceptors (Lipinski definition) is 5. The standard InChI is InChI=1S/C10H7F4N5O/c11-5-1-6(18-19-8(4-15)9(16)17)3-7(2-5)20-10(12,13)14/h1-3,18H,(H3,16,17)/b19-8+. The zero-order chi connectivity index (χ0) is 15.3. The number of anilines is 1. The Balaban J connectivity index is 2.97. The molecule has 0 radical (unpaired) electrons. The van der Waals surface area contributed by atoms with E-state index in [9.17, 15) is 17.6 Å². The van der Waals surface area contributed by atoms with Crippen LogP contribution >= 0.6 is 0 Å². The van der Waals surface area contributed by atoms with E-state index in [0.29, 0.717) is 6.07 Å². The number of nitrogens with one attached hydrogen (secondary N) is 2. The summed E-state index contributed by atoms with van der Waals surface area (Å²) in [6.07, 6.45) is -4.97. The van der Waals surface area contributed by atoms with Crippen LogP contribution in [0.5, 0.6) is 5.75 Å². The molecule has 1 aromatic rings. The molecule has 0 saturated heterocycles. The highest BCUT2D eigenvalue weighted by molar-refractivity contribution is 6.45. The number of nitrogens with two attached hydrogens (primary N) is 1. The highest BCUT2D eigenvalue weighted by atomic mass is 19.4. The van der Waals surface area contributed by atoms with E-state index in [1.165, 1.54) is 6.07 Å². The molecule has 0 spiro atoms. The fourth-order valence-corrected chi connectivity index (χ4v) is 1.09. The van der Waals surface area contributed by atoms with Gasteiger partial charge in [-0.3, -0.25) is 10.8 Å². The maximum atomic E-state index is 13.1. The van der Waals surface area contributed by atoms with Crippen LogP contribution in [0.2, 0.25) is 0 Å². The molecule has 0 heterocycles. The van der Waals surface area contributed by atoms with Crippen LogP contribution in [0, 0.1) is 22.6 Å². The van der Waals surface area contributed by atoms with Gasteiger partial charge in [-0.05, 0) is 6.07 Å². The van der Waals surface area contributed by atoms with Gasteiger partial charge in [-0.15, -0.1) is 13.2 Å². The fourth-order valence-electron chi connectivity index (χ4n) is 1.09. The van der Waals surface area contributed by atoms with E-state index in [4.69, 9.17) is 16.4 Å². The average molecular weight is 289 g/mol. The Morgan fingerprint density at radius 1 is 1.40 bits per heavy atom. The molecule has 0 aliphatic rings. The van der Waals surface area contributed by atoms with E-state index >= 15 is 0 Å². The lowest BCUT2D eigenvalue weighted by atomic mass is 10.3. The maximum Gasteiger partial charge on any atom is 0.573 e. The minimum absolute atomic E-state index is 0.210. The summed E-state index contributed by atoms with van der Waals surface area (Å²) in [6.45, 7) is 0. The minimum atomic E-state index is -4.97. The van der Waals surface area contributed by atoms with Crippen LogP contribution in [0.4, 0.5) is 23.2 Å². The summed E-state index contributed by atoms with van der Waals surface area (Å²) in [5.74, 6) is -2.45. The van der Waals surface area contributed by atoms with Crippen LogP contribution in [-0.2, 0) is 0 Å². The zero-order valence-electron chi connectivity index (χ0n) is 9.62. The smallest absolute Gasteiger partial charge is 0.406 e. The highest BCUT2D eigenvalue weighted by Gasteiger charge is 2.31. The first-order valence-corrected chi connectivity index (χ1v) is 4.86. The topological polar surface area (TPSA) is 107 Å². The first kappa shape index (κ1) is 15.2. The number of nitrogens with zero attached hydrogens (tertiary/aromatic N) is 2. The zero-order valence-corrected chi connectivity index (χ0v) is 9.62. The molecule has 0 amide bonds. The number of hydrogen-bond donors (Lipinski definition) is 3. The summed E-state index contributed by atoms with van der Waals surface area (Å²) in [5.41, 5.74) is 6.38. The normalized spacial score (nSPS) is 11.7. The molecule has 10 heteroatoms. The Kier molecular flexibility index (Phi) is 4.47. The van der Waals surface area contributed by atoms with Gasteiger partial charge in [-0.1, -0.05) is 0 Å². The average Bonchev–Trinajstić information content (AvgIpc) is 2.25. The van der Waals surface area contributed by atoms with Gasteiger partial charge in [0.25, 0.3) is 0 Å². The monoisotopic (exact) mass is 289 g/mol. The van der Waals surface area contributed by atoms with Crippen molar-refractivity contribution in [3.63, 3.8) is 0 Å². The van der Waals surface area contributed by atoms with Crippen LogP contribution in [0.1, 0.15) is 0 Å². The molecule has 106 valence electrons. The van der Waals surface area contributed by atoms with E-state index in [1.807, 2.05) is 0 Å². The van der Waals surface area contributed by atoms with Gasteiger partial charge in [0.2, 0.25) is 5.71 Å². The van der Waals surface area contributed by atoms with Gasteiger partial charge in [0.05, 0.1) is 5.69 Å². The molecule has 0 bridgehead atoms. The van der Waals surface area contributed by atoms with Gasteiger partial charge in [0.15, 0.2) is 5.84 Å². The molecular formula is C10H7F4N5O. The lowest BCUT2D eigenvalue weighted by molar-refractivity contribution is -0.274. The summed E-state index contributed by atoms with van der Waals surface area (Å²) < 4.78 is 52.6. The molecule has 0 atom stereocenters. The third-order valence-electron chi connectivity index (χ3n) is 1.76. The van der Waals surface area contributed by atoms with Crippen molar-refractivity contribution < 1.29 is 22.3 Å². The van der Waals surface area contributed by atoms with Gasteiger partial charge in [-0.25, -0.2) is 4.39 Å². The van der Waals surface area contributed by atoms with Gasteiger partial charge in [0, 0.05) is 12.1 Å². The lowest BCUT2D eigenvalue weighted by Gasteiger charge is -2.10. The van der Waals surface area contributed by atoms with E-state index < -0.39 is 29.5 Å². The number of rotatable bonds is 4. The van der Waals surface area contributed by atoms with E-state index in [-0.39, 0.29) is 5.69 Å². The molecule has 1 aromatic carbocycles. The van der Waals surface area contributed by atoms with E-state index in [1.54, 1.807) is 0 Å². The van der Waals surface area contributed by atoms with Crippen LogP contribution in [0.15, 0.2) is 23.3 Å². The minimum Gasteiger partial charge on any atom is -0.406 e. The summed E-state index contributed by atoms with van der Waals surface area (Å²) >= 11 is 0. The summed E-state index contributed by atoms with van der Waals surface area (Å²) in [7, 11) is 0. The SMILES string of the molecule is N#C/C(=N\Nc1cc(F)cc(OC(F)(F)F)c1)C(=N)N. The Bertz CT molecular complexity index is 590. The molecule has 0 unspecified atom stereocenters. The Morgan fingerprint density at radius 2 is 2.05 bits per heavy atom. The summed E-state index contributed by atoms with van der Waals surface area (Å²) in [4.78, 5) is 0. The van der Waals surface area contributed by atoms with Crippen molar-refractivity contribution in [2.24, 2.45) is 10.8 Å². The van der Waals surface area contributed by atoms with Crippen molar-refractivity contribution in [1.29, 1.82) is 10.7 Å². The highest BCUT2D eigenvalue weighted by Crippen LogP contribution is 2.26. The lowest BCUT2D eigenvalue weighted by Crippen LogP contribution is -2.22. The Labute approximate surface area is 110 Å². The fraction of sp³-hybridized carbons (Fsp3) is 0.100. The number of halogens is 4. The third kappa shape index (κ3) is 4.81. The molecule has 0 fully saturated rings. The summed E-state index contributed by atoms with van der Waals surface area (Å²) in [6, 6.07) is 3.63. The van der Waals surface area contributed by atoms with E-state index in [2.05, 4.69) is 15.3 Å². The van der Waals surface area contributed by atoms with Crippen molar-refractivity contribution in [1.82, 2.24) is 0 Å². The molecule has 0 saturated carbocycles. The molecule has 1 rings (SSSR count).